The van der Waals surface area contributed by atoms with Crippen LogP contribution in [-0.4, -0.2) is 12.6 Å². The zero-order chi connectivity index (χ0) is 10.6. The van der Waals surface area contributed by atoms with Gasteiger partial charge in [-0.1, -0.05) is 49.9 Å². The molecule has 1 N–H and O–H groups in total. The summed E-state index contributed by atoms with van der Waals surface area (Å²) in [6, 6.07) is 0.601. The van der Waals surface area contributed by atoms with E-state index in [-0.39, 0.29) is 0 Å². The van der Waals surface area contributed by atoms with Gasteiger partial charge in [-0.2, -0.15) is 0 Å². The van der Waals surface area contributed by atoms with E-state index in [1.807, 2.05) is 0 Å². The molecule has 3 heteroatoms. The van der Waals surface area contributed by atoms with E-state index in [1.54, 1.807) is 0 Å². The van der Waals surface area contributed by atoms with Gasteiger partial charge < -0.3 is 5.32 Å². The van der Waals surface area contributed by atoms with Crippen molar-refractivity contribution in [1.29, 1.82) is 0 Å². The van der Waals surface area contributed by atoms with Crippen LogP contribution in [0.4, 0.5) is 0 Å². The second-order valence-corrected chi connectivity index (χ2v) is 5.01. The SMILES string of the molecule is CC1CCCC(NC/C(Cl)=C/Cl)C1C. The first-order chi connectivity index (χ1) is 6.65. The second-order valence-electron chi connectivity index (χ2n) is 4.31. The minimum Gasteiger partial charge on any atom is -0.309 e. The first kappa shape index (κ1) is 12.4. The van der Waals surface area contributed by atoms with Gasteiger partial charge >= 0.3 is 0 Å². The van der Waals surface area contributed by atoms with E-state index < -0.39 is 0 Å². The maximum absolute atomic E-state index is 5.84. The molecule has 1 rings (SSSR count). The predicted molar refractivity (Wildman–Crippen MR) is 63.8 cm³/mol. The van der Waals surface area contributed by atoms with Gasteiger partial charge in [0.15, 0.2) is 0 Å². The maximum atomic E-state index is 5.84. The standard InChI is InChI=1S/C11H19Cl2N/c1-8-4-3-5-11(9(8)2)14-7-10(13)6-12/h6,8-9,11,14H,3-5,7H2,1-2H3/b10-6-. The number of hydrogen-bond donors (Lipinski definition) is 1. The molecule has 0 spiro atoms. The average Bonchev–Trinajstić information content (AvgIpc) is 2.20. The second kappa shape index (κ2) is 5.99. The normalized spacial score (nSPS) is 34.6. The zero-order valence-electron chi connectivity index (χ0n) is 8.89. The van der Waals surface area contributed by atoms with Crippen LogP contribution in [0.25, 0.3) is 0 Å². The first-order valence-electron chi connectivity index (χ1n) is 5.33. The van der Waals surface area contributed by atoms with Gasteiger partial charge in [-0.05, 0) is 18.3 Å². The largest absolute Gasteiger partial charge is 0.309 e. The van der Waals surface area contributed by atoms with E-state index in [1.165, 1.54) is 24.8 Å². The first-order valence-corrected chi connectivity index (χ1v) is 6.14. The highest BCUT2D eigenvalue weighted by atomic mass is 35.5. The Balaban J connectivity index is 2.36. The molecule has 0 saturated heterocycles. The molecule has 14 heavy (non-hydrogen) atoms. The molecule has 0 aromatic rings. The van der Waals surface area contributed by atoms with Gasteiger partial charge in [0, 0.05) is 23.2 Å². The molecule has 3 unspecified atom stereocenters. The molecule has 82 valence electrons. The van der Waals surface area contributed by atoms with Crippen molar-refractivity contribution in [1.82, 2.24) is 5.32 Å². The van der Waals surface area contributed by atoms with Crippen molar-refractivity contribution >= 4 is 23.2 Å². The van der Waals surface area contributed by atoms with Crippen LogP contribution in [0.15, 0.2) is 10.6 Å². The van der Waals surface area contributed by atoms with Crippen molar-refractivity contribution in [2.45, 2.75) is 39.2 Å². The zero-order valence-corrected chi connectivity index (χ0v) is 10.4. The van der Waals surface area contributed by atoms with Crippen molar-refractivity contribution in [2.75, 3.05) is 6.54 Å². The third kappa shape index (κ3) is 3.45. The summed E-state index contributed by atoms with van der Waals surface area (Å²) in [5, 5.41) is 4.16. The summed E-state index contributed by atoms with van der Waals surface area (Å²) in [5.41, 5.74) is 1.44. The summed E-state index contributed by atoms with van der Waals surface area (Å²) in [7, 11) is 0. The molecule has 1 nitrogen and oxygen atoms in total. The smallest absolute Gasteiger partial charge is 0.0432 e. The lowest BCUT2D eigenvalue weighted by molar-refractivity contribution is 0.211. The van der Waals surface area contributed by atoms with Gasteiger partial charge in [0.1, 0.15) is 0 Å². The van der Waals surface area contributed by atoms with Crippen LogP contribution in [0.1, 0.15) is 33.1 Å². The minimum absolute atomic E-state index is 0.601. The molecule has 0 aromatic heterocycles. The van der Waals surface area contributed by atoms with Crippen molar-refractivity contribution < 1.29 is 0 Å². The Morgan fingerprint density at radius 3 is 2.79 bits per heavy atom. The summed E-state index contributed by atoms with van der Waals surface area (Å²) in [4.78, 5) is 0. The van der Waals surface area contributed by atoms with Crippen LogP contribution in [0.2, 0.25) is 0 Å². The fraction of sp³-hybridized carbons (Fsp3) is 0.818. The van der Waals surface area contributed by atoms with Gasteiger partial charge in [0.2, 0.25) is 0 Å². The highest BCUT2D eigenvalue weighted by Gasteiger charge is 2.26. The molecule has 1 aliphatic rings. The fourth-order valence-corrected chi connectivity index (χ4v) is 2.29. The predicted octanol–water partition coefficient (Wildman–Crippen LogP) is 3.72. The third-order valence-electron chi connectivity index (χ3n) is 3.36. The van der Waals surface area contributed by atoms with Gasteiger partial charge in [-0.15, -0.1) is 0 Å². The lowest BCUT2D eigenvalue weighted by Crippen LogP contribution is -2.41. The summed E-state index contributed by atoms with van der Waals surface area (Å²) >= 11 is 11.3. The van der Waals surface area contributed by atoms with Gasteiger partial charge in [0.25, 0.3) is 0 Å². The van der Waals surface area contributed by atoms with Gasteiger partial charge in [0.05, 0.1) is 0 Å². The van der Waals surface area contributed by atoms with Gasteiger partial charge in [-0.3, -0.25) is 0 Å². The Labute approximate surface area is 96.8 Å². The molecule has 3 atom stereocenters. The lowest BCUT2D eigenvalue weighted by atomic mass is 9.78. The summed E-state index contributed by atoms with van der Waals surface area (Å²) in [5.74, 6) is 1.56. The van der Waals surface area contributed by atoms with Crippen molar-refractivity contribution in [3.63, 3.8) is 0 Å². The third-order valence-corrected chi connectivity index (χ3v) is 3.98. The Bertz CT molecular complexity index is 203. The monoisotopic (exact) mass is 235 g/mol. The molecule has 0 radical (unpaired) electrons. The number of rotatable bonds is 3. The van der Waals surface area contributed by atoms with Crippen molar-refractivity contribution in [2.24, 2.45) is 11.8 Å². The molecular weight excluding hydrogens is 217 g/mol. The highest BCUT2D eigenvalue weighted by molar-refractivity contribution is 6.36. The van der Waals surface area contributed by atoms with Crippen LogP contribution < -0.4 is 5.32 Å². The lowest BCUT2D eigenvalue weighted by Gasteiger charge is -2.34. The van der Waals surface area contributed by atoms with Gasteiger partial charge in [-0.25, -0.2) is 0 Å². The quantitative estimate of drug-likeness (QED) is 0.787. The van der Waals surface area contributed by atoms with Crippen LogP contribution in [0, 0.1) is 11.8 Å². The minimum atomic E-state index is 0.601. The number of halogens is 2. The van der Waals surface area contributed by atoms with Crippen LogP contribution >= 0.6 is 23.2 Å². The molecule has 1 aliphatic carbocycles. The van der Waals surface area contributed by atoms with Crippen LogP contribution in [0.5, 0.6) is 0 Å². The molecule has 1 saturated carbocycles. The van der Waals surface area contributed by atoms with E-state index in [0.29, 0.717) is 17.6 Å². The molecule has 0 aromatic carbocycles. The average molecular weight is 236 g/mol. The highest BCUT2D eigenvalue weighted by Crippen LogP contribution is 2.29. The van der Waals surface area contributed by atoms with E-state index in [9.17, 15) is 0 Å². The van der Waals surface area contributed by atoms with Crippen LogP contribution in [-0.2, 0) is 0 Å². The Kier molecular flexibility index (Phi) is 5.29. The molecular formula is C11H19Cl2N. The van der Waals surface area contributed by atoms with E-state index in [0.717, 1.165) is 11.8 Å². The molecule has 0 heterocycles. The van der Waals surface area contributed by atoms with Crippen molar-refractivity contribution in [3.05, 3.63) is 10.6 Å². The maximum Gasteiger partial charge on any atom is 0.0432 e. The van der Waals surface area contributed by atoms with E-state index in [4.69, 9.17) is 23.2 Å². The Morgan fingerprint density at radius 1 is 1.43 bits per heavy atom. The summed E-state index contributed by atoms with van der Waals surface area (Å²) < 4.78 is 0. The summed E-state index contributed by atoms with van der Waals surface area (Å²) in [6.07, 6.45) is 3.95. The number of nitrogens with one attached hydrogen (secondary N) is 1. The molecule has 1 fully saturated rings. The molecule has 0 amide bonds. The summed E-state index contributed by atoms with van der Waals surface area (Å²) in [6.45, 7) is 5.35. The van der Waals surface area contributed by atoms with Crippen LogP contribution in [0.3, 0.4) is 0 Å². The van der Waals surface area contributed by atoms with Crippen molar-refractivity contribution in [3.8, 4) is 0 Å². The topological polar surface area (TPSA) is 12.0 Å². The number of hydrogen-bond acceptors (Lipinski definition) is 1. The Morgan fingerprint density at radius 2 is 2.14 bits per heavy atom. The molecule has 0 bridgehead atoms. The van der Waals surface area contributed by atoms with E-state index >= 15 is 0 Å². The fourth-order valence-electron chi connectivity index (χ4n) is 2.14. The molecule has 0 aliphatic heterocycles. The Hall–Kier alpha value is 0.280. The van der Waals surface area contributed by atoms with E-state index in [2.05, 4.69) is 19.2 Å².